The number of nitrogens with zero attached hydrogens (tertiary/aromatic N) is 2. The Balaban J connectivity index is 1.85. The maximum Gasteiger partial charge on any atom is 0.329 e. The van der Waals surface area contributed by atoms with Crippen molar-refractivity contribution in [3.8, 4) is 0 Å². The van der Waals surface area contributed by atoms with Gasteiger partial charge in [-0.2, -0.15) is 5.10 Å². The van der Waals surface area contributed by atoms with E-state index in [-0.39, 0.29) is 0 Å². The van der Waals surface area contributed by atoms with E-state index in [1.165, 1.54) is 5.56 Å². The first-order valence-electron chi connectivity index (χ1n) is 7.80. The van der Waals surface area contributed by atoms with Crippen LogP contribution in [-0.2, 0) is 9.59 Å². The van der Waals surface area contributed by atoms with E-state index < -0.39 is 11.8 Å². The molecule has 0 saturated carbocycles. The summed E-state index contributed by atoms with van der Waals surface area (Å²) in [7, 11) is 0. The number of carbonyl (C=O) groups is 2. The van der Waals surface area contributed by atoms with Crippen molar-refractivity contribution in [3.05, 3.63) is 35.4 Å². The zero-order chi connectivity index (χ0) is 15.9. The highest BCUT2D eigenvalue weighted by molar-refractivity contribution is 6.35. The van der Waals surface area contributed by atoms with Gasteiger partial charge in [-0.3, -0.25) is 9.59 Å². The number of rotatable bonds is 3. The van der Waals surface area contributed by atoms with Crippen molar-refractivity contribution in [2.45, 2.75) is 39.0 Å². The van der Waals surface area contributed by atoms with Crippen LogP contribution < -0.4 is 5.43 Å². The van der Waals surface area contributed by atoms with Gasteiger partial charge in [0.15, 0.2) is 0 Å². The van der Waals surface area contributed by atoms with Gasteiger partial charge in [-0.05, 0) is 36.3 Å². The second-order valence-corrected chi connectivity index (χ2v) is 5.87. The molecule has 22 heavy (non-hydrogen) atoms. The summed E-state index contributed by atoms with van der Waals surface area (Å²) < 4.78 is 0. The summed E-state index contributed by atoms with van der Waals surface area (Å²) in [6.45, 7) is 5.59. The summed E-state index contributed by atoms with van der Waals surface area (Å²) in [6, 6.07) is 7.95. The number of likely N-dealkylation sites (tertiary alicyclic amines) is 1. The Morgan fingerprint density at radius 2 is 1.77 bits per heavy atom. The number of benzene rings is 1. The second kappa shape index (κ2) is 7.73. The Labute approximate surface area is 131 Å². The maximum absolute atomic E-state index is 11.9. The lowest BCUT2D eigenvalue weighted by Crippen LogP contribution is -2.43. The molecule has 1 heterocycles. The van der Waals surface area contributed by atoms with E-state index in [2.05, 4.69) is 24.4 Å². The summed E-state index contributed by atoms with van der Waals surface area (Å²) in [6.07, 6.45) is 4.59. The molecule has 0 spiro atoms. The SMILES string of the molecule is CC(C)c1ccc(C=NNC(=O)C(=O)N2CCCCC2)cc1. The fraction of sp³-hybridized carbons (Fsp3) is 0.471. The minimum absolute atomic E-state index is 0.479. The van der Waals surface area contributed by atoms with Crippen molar-refractivity contribution in [2.75, 3.05) is 13.1 Å². The highest BCUT2D eigenvalue weighted by Gasteiger charge is 2.22. The van der Waals surface area contributed by atoms with E-state index in [1.807, 2.05) is 24.3 Å². The van der Waals surface area contributed by atoms with Crippen molar-refractivity contribution in [2.24, 2.45) is 5.10 Å². The van der Waals surface area contributed by atoms with E-state index in [9.17, 15) is 9.59 Å². The third kappa shape index (κ3) is 4.41. The van der Waals surface area contributed by atoms with Gasteiger partial charge in [-0.25, -0.2) is 5.43 Å². The van der Waals surface area contributed by atoms with Crippen LogP contribution >= 0.6 is 0 Å². The first-order chi connectivity index (χ1) is 10.6. The van der Waals surface area contributed by atoms with Gasteiger partial charge in [-0.15, -0.1) is 0 Å². The van der Waals surface area contributed by atoms with Gasteiger partial charge in [0.2, 0.25) is 0 Å². The predicted molar refractivity (Wildman–Crippen MR) is 86.7 cm³/mol. The first-order valence-corrected chi connectivity index (χ1v) is 7.80. The number of hydrazone groups is 1. The quantitative estimate of drug-likeness (QED) is 0.529. The Kier molecular flexibility index (Phi) is 5.69. The largest absolute Gasteiger partial charge is 0.334 e. The van der Waals surface area contributed by atoms with Crippen molar-refractivity contribution < 1.29 is 9.59 Å². The smallest absolute Gasteiger partial charge is 0.329 e. The van der Waals surface area contributed by atoms with Crippen LogP contribution in [0.5, 0.6) is 0 Å². The maximum atomic E-state index is 11.9. The topological polar surface area (TPSA) is 61.8 Å². The number of amides is 2. The fourth-order valence-corrected chi connectivity index (χ4v) is 2.42. The summed E-state index contributed by atoms with van der Waals surface area (Å²) in [5.74, 6) is -0.684. The Morgan fingerprint density at radius 3 is 2.36 bits per heavy atom. The van der Waals surface area contributed by atoms with Gasteiger partial charge in [0, 0.05) is 13.1 Å². The van der Waals surface area contributed by atoms with E-state index >= 15 is 0 Å². The van der Waals surface area contributed by atoms with Crippen LogP contribution in [0.15, 0.2) is 29.4 Å². The Bertz CT molecular complexity index is 544. The molecule has 1 aliphatic heterocycles. The number of hydrogen-bond acceptors (Lipinski definition) is 3. The molecule has 0 aliphatic carbocycles. The van der Waals surface area contributed by atoms with Gasteiger partial charge in [0.05, 0.1) is 6.21 Å². The molecule has 2 amide bonds. The molecule has 0 unspecified atom stereocenters. The lowest BCUT2D eigenvalue weighted by atomic mass is 10.0. The highest BCUT2D eigenvalue weighted by atomic mass is 16.2. The standard InChI is InChI=1S/C17H23N3O2/c1-13(2)15-8-6-14(7-9-15)12-18-19-16(21)17(22)20-10-4-3-5-11-20/h6-9,12-13H,3-5,10-11H2,1-2H3,(H,19,21). The Hall–Kier alpha value is -2.17. The fourth-order valence-electron chi connectivity index (χ4n) is 2.42. The second-order valence-electron chi connectivity index (χ2n) is 5.87. The number of hydrogen-bond donors (Lipinski definition) is 1. The minimum Gasteiger partial charge on any atom is -0.334 e. The Morgan fingerprint density at radius 1 is 1.14 bits per heavy atom. The summed E-state index contributed by atoms with van der Waals surface area (Å²) in [4.78, 5) is 25.2. The molecule has 1 fully saturated rings. The van der Waals surface area contributed by atoms with Crippen LogP contribution in [0.2, 0.25) is 0 Å². The normalized spacial score (nSPS) is 15.3. The van der Waals surface area contributed by atoms with Crippen LogP contribution in [0.4, 0.5) is 0 Å². The molecule has 5 nitrogen and oxygen atoms in total. The van der Waals surface area contributed by atoms with Crippen molar-refractivity contribution in [3.63, 3.8) is 0 Å². The molecule has 1 aliphatic rings. The van der Waals surface area contributed by atoms with Crippen LogP contribution in [0.25, 0.3) is 0 Å². The molecule has 0 radical (unpaired) electrons. The molecule has 1 N–H and O–H groups in total. The third-order valence-electron chi connectivity index (χ3n) is 3.82. The molecule has 0 aromatic heterocycles. The zero-order valence-corrected chi connectivity index (χ0v) is 13.2. The van der Waals surface area contributed by atoms with Crippen LogP contribution in [0.3, 0.4) is 0 Å². The summed E-state index contributed by atoms with van der Waals surface area (Å²) >= 11 is 0. The highest BCUT2D eigenvalue weighted by Crippen LogP contribution is 2.13. The average Bonchev–Trinajstić information content (AvgIpc) is 2.55. The monoisotopic (exact) mass is 301 g/mol. The summed E-state index contributed by atoms with van der Waals surface area (Å²) in [5.41, 5.74) is 4.44. The number of carbonyl (C=O) groups excluding carboxylic acids is 2. The summed E-state index contributed by atoms with van der Waals surface area (Å²) in [5, 5.41) is 3.86. The number of piperidine rings is 1. The van der Waals surface area contributed by atoms with E-state index in [4.69, 9.17) is 0 Å². The van der Waals surface area contributed by atoms with E-state index in [0.29, 0.717) is 19.0 Å². The minimum atomic E-state index is -0.669. The molecule has 118 valence electrons. The van der Waals surface area contributed by atoms with Crippen molar-refractivity contribution in [1.82, 2.24) is 10.3 Å². The molecular formula is C17H23N3O2. The van der Waals surface area contributed by atoms with Gasteiger partial charge >= 0.3 is 11.8 Å². The van der Waals surface area contributed by atoms with Gasteiger partial charge in [0.25, 0.3) is 0 Å². The van der Waals surface area contributed by atoms with E-state index in [0.717, 1.165) is 24.8 Å². The van der Waals surface area contributed by atoms with Crippen LogP contribution in [-0.4, -0.2) is 36.0 Å². The zero-order valence-electron chi connectivity index (χ0n) is 13.2. The van der Waals surface area contributed by atoms with Crippen molar-refractivity contribution in [1.29, 1.82) is 0 Å². The molecule has 1 saturated heterocycles. The first kappa shape index (κ1) is 16.2. The molecule has 0 atom stereocenters. The molecular weight excluding hydrogens is 278 g/mol. The molecule has 0 bridgehead atoms. The van der Waals surface area contributed by atoms with Gasteiger partial charge in [0.1, 0.15) is 0 Å². The van der Waals surface area contributed by atoms with Crippen molar-refractivity contribution >= 4 is 18.0 Å². The van der Waals surface area contributed by atoms with Crippen LogP contribution in [0, 0.1) is 0 Å². The molecule has 5 heteroatoms. The lowest BCUT2D eigenvalue weighted by molar-refractivity contribution is -0.146. The van der Waals surface area contributed by atoms with Crippen LogP contribution in [0.1, 0.15) is 50.2 Å². The lowest BCUT2D eigenvalue weighted by Gasteiger charge is -2.25. The molecule has 2 rings (SSSR count). The third-order valence-corrected chi connectivity index (χ3v) is 3.82. The number of nitrogens with one attached hydrogen (secondary N) is 1. The van der Waals surface area contributed by atoms with E-state index in [1.54, 1.807) is 11.1 Å². The molecule has 1 aromatic carbocycles. The molecule has 1 aromatic rings. The predicted octanol–water partition coefficient (Wildman–Crippen LogP) is 2.27. The van der Waals surface area contributed by atoms with Gasteiger partial charge < -0.3 is 4.90 Å². The average molecular weight is 301 g/mol. The van der Waals surface area contributed by atoms with Gasteiger partial charge in [-0.1, -0.05) is 38.1 Å².